The predicted molar refractivity (Wildman–Crippen MR) is 62.7 cm³/mol. The van der Waals surface area contributed by atoms with Crippen molar-refractivity contribution >= 4 is 21.8 Å². The van der Waals surface area contributed by atoms with Crippen molar-refractivity contribution in [2.75, 3.05) is 24.7 Å². The molecule has 0 radical (unpaired) electrons. The lowest BCUT2D eigenvalue weighted by Crippen LogP contribution is -2.50. The third-order valence-corrected chi connectivity index (χ3v) is 4.99. The van der Waals surface area contributed by atoms with Gasteiger partial charge < -0.3 is 15.0 Å². The Hall–Kier alpha value is -1.31. The number of carbonyl (C=O) groups is 2. The molecule has 0 spiro atoms. The van der Waals surface area contributed by atoms with E-state index in [0.717, 1.165) is 0 Å². The summed E-state index contributed by atoms with van der Waals surface area (Å²) in [6.45, 7) is 2.22. The quantitative estimate of drug-likeness (QED) is 0.723. The molecule has 0 aromatic rings. The molecule has 2 fully saturated rings. The van der Waals surface area contributed by atoms with Crippen LogP contribution in [0.15, 0.2) is 0 Å². The number of nitrogens with zero attached hydrogens (tertiary/aromatic N) is 1. The van der Waals surface area contributed by atoms with E-state index in [1.165, 1.54) is 4.90 Å². The lowest BCUT2D eigenvalue weighted by atomic mass is 10.2. The standard InChI is InChI=1S/C10H16N2O5S/c1-2-12(7-3-4-18(15,16)6-7)9(13)8-5-17-10(14)11-8/h7-8H,2-6H2,1H3,(H,11,14). The van der Waals surface area contributed by atoms with Crippen LogP contribution in [0, 0.1) is 0 Å². The summed E-state index contributed by atoms with van der Waals surface area (Å²) < 4.78 is 27.5. The molecule has 2 atom stereocenters. The molecule has 102 valence electrons. The first-order valence-corrected chi connectivity index (χ1v) is 7.69. The molecule has 2 unspecified atom stereocenters. The van der Waals surface area contributed by atoms with Gasteiger partial charge in [0.25, 0.3) is 0 Å². The molecule has 7 nitrogen and oxygen atoms in total. The Labute approximate surface area is 105 Å². The number of cyclic esters (lactones) is 1. The van der Waals surface area contributed by atoms with Crippen molar-refractivity contribution < 1.29 is 22.7 Å². The van der Waals surface area contributed by atoms with E-state index in [1.807, 2.05) is 0 Å². The van der Waals surface area contributed by atoms with Gasteiger partial charge in [0, 0.05) is 12.6 Å². The monoisotopic (exact) mass is 276 g/mol. The molecule has 2 saturated heterocycles. The number of hydrogen-bond acceptors (Lipinski definition) is 5. The van der Waals surface area contributed by atoms with Crippen LogP contribution in [0.2, 0.25) is 0 Å². The molecule has 1 N–H and O–H groups in total. The summed E-state index contributed by atoms with van der Waals surface area (Å²) in [5.41, 5.74) is 0. The van der Waals surface area contributed by atoms with Crippen LogP contribution in [0.1, 0.15) is 13.3 Å². The molecule has 2 rings (SSSR count). The van der Waals surface area contributed by atoms with Gasteiger partial charge in [0.1, 0.15) is 12.6 Å². The zero-order valence-corrected chi connectivity index (χ0v) is 10.9. The van der Waals surface area contributed by atoms with Crippen molar-refractivity contribution in [3.8, 4) is 0 Å². The number of rotatable bonds is 3. The SMILES string of the molecule is CCN(C(=O)C1COC(=O)N1)C1CCS(=O)(=O)C1. The summed E-state index contributed by atoms with van der Waals surface area (Å²) in [6, 6.07) is -0.981. The van der Waals surface area contributed by atoms with Crippen molar-refractivity contribution in [3.05, 3.63) is 0 Å². The van der Waals surface area contributed by atoms with Crippen molar-refractivity contribution in [1.29, 1.82) is 0 Å². The second kappa shape index (κ2) is 4.75. The number of nitrogens with one attached hydrogen (secondary N) is 1. The highest BCUT2D eigenvalue weighted by atomic mass is 32.2. The normalized spacial score (nSPS) is 29.7. The zero-order valence-electron chi connectivity index (χ0n) is 10.1. The minimum Gasteiger partial charge on any atom is -0.447 e. The maximum atomic E-state index is 12.2. The first-order valence-electron chi connectivity index (χ1n) is 5.87. The van der Waals surface area contributed by atoms with Crippen LogP contribution in [0.4, 0.5) is 4.79 Å². The fourth-order valence-corrected chi connectivity index (χ4v) is 4.06. The number of ether oxygens (including phenoxy) is 1. The average Bonchev–Trinajstić information content (AvgIpc) is 2.86. The Bertz CT molecular complexity index is 461. The number of hydrogen-bond donors (Lipinski definition) is 1. The summed E-state index contributed by atoms with van der Waals surface area (Å²) in [5.74, 6) is -0.145. The molecule has 8 heteroatoms. The second-order valence-corrected chi connectivity index (χ2v) is 6.71. The summed E-state index contributed by atoms with van der Waals surface area (Å²) >= 11 is 0. The lowest BCUT2D eigenvalue weighted by molar-refractivity contribution is -0.134. The number of sulfone groups is 1. The highest BCUT2D eigenvalue weighted by Crippen LogP contribution is 2.19. The Morgan fingerprint density at radius 1 is 1.56 bits per heavy atom. The third-order valence-electron chi connectivity index (χ3n) is 3.24. The second-order valence-electron chi connectivity index (χ2n) is 4.48. The van der Waals surface area contributed by atoms with Gasteiger partial charge in [-0.1, -0.05) is 0 Å². The van der Waals surface area contributed by atoms with Gasteiger partial charge in [-0.05, 0) is 13.3 Å². The maximum absolute atomic E-state index is 12.2. The molecule has 0 saturated carbocycles. The molecular formula is C10H16N2O5S. The van der Waals surface area contributed by atoms with E-state index >= 15 is 0 Å². The van der Waals surface area contributed by atoms with E-state index < -0.39 is 22.0 Å². The predicted octanol–water partition coefficient (Wildman–Crippen LogP) is -0.870. The highest BCUT2D eigenvalue weighted by molar-refractivity contribution is 7.91. The van der Waals surface area contributed by atoms with Crippen molar-refractivity contribution in [2.24, 2.45) is 0 Å². The first kappa shape index (κ1) is 13.1. The Morgan fingerprint density at radius 2 is 2.28 bits per heavy atom. The molecule has 2 aliphatic heterocycles. The number of carbonyl (C=O) groups excluding carboxylic acids is 2. The van der Waals surface area contributed by atoms with E-state index in [2.05, 4.69) is 10.1 Å². The highest BCUT2D eigenvalue weighted by Gasteiger charge is 2.38. The number of amides is 2. The summed E-state index contributed by atoms with van der Waals surface area (Å²) in [6.07, 6.45) is -0.146. The van der Waals surface area contributed by atoms with Crippen LogP contribution in [-0.2, 0) is 19.4 Å². The van der Waals surface area contributed by atoms with E-state index in [-0.39, 0.29) is 30.1 Å². The largest absolute Gasteiger partial charge is 0.447 e. The van der Waals surface area contributed by atoms with Crippen LogP contribution in [-0.4, -0.2) is 62.1 Å². The molecule has 0 aliphatic carbocycles. The van der Waals surface area contributed by atoms with Crippen LogP contribution >= 0.6 is 0 Å². The Kier molecular flexibility index (Phi) is 3.47. The zero-order chi connectivity index (χ0) is 13.3. The lowest BCUT2D eigenvalue weighted by Gasteiger charge is -2.28. The molecule has 2 aliphatic rings. The minimum atomic E-state index is -3.03. The fourth-order valence-electron chi connectivity index (χ4n) is 2.33. The van der Waals surface area contributed by atoms with E-state index in [0.29, 0.717) is 13.0 Å². The average molecular weight is 276 g/mol. The van der Waals surface area contributed by atoms with Gasteiger partial charge in [0.2, 0.25) is 5.91 Å². The van der Waals surface area contributed by atoms with Gasteiger partial charge >= 0.3 is 6.09 Å². The molecule has 0 aromatic heterocycles. The third kappa shape index (κ3) is 2.58. The van der Waals surface area contributed by atoms with Crippen molar-refractivity contribution in [1.82, 2.24) is 10.2 Å². The summed E-state index contributed by atoms with van der Waals surface area (Å²) in [7, 11) is -3.03. The van der Waals surface area contributed by atoms with Crippen LogP contribution in [0.25, 0.3) is 0 Å². The van der Waals surface area contributed by atoms with Crippen molar-refractivity contribution in [3.63, 3.8) is 0 Å². The topological polar surface area (TPSA) is 92.8 Å². The van der Waals surface area contributed by atoms with Crippen LogP contribution < -0.4 is 5.32 Å². The van der Waals surface area contributed by atoms with Gasteiger partial charge in [0.15, 0.2) is 9.84 Å². The minimum absolute atomic E-state index is 0.00758. The van der Waals surface area contributed by atoms with Gasteiger partial charge in [-0.15, -0.1) is 0 Å². The fraction of sp³-hybridized carbons (Fsp3) is 0.800. The Morgan fingerprint density at radius 3 is 2.72 bits per heavy atom. The molecule has 0 bridgehead atoms. The maximum Gasteiger partial charge on any atom is 0.407 e. The smallest absolute Gasteiger partial charge is 0.407 e. The first-order chi connectivity index (χ1) is 8.43. The molecule has 0 aromatic carbocycles. The van der Waals surface area contributed by atoms with Gasteiger partial charge in [-0.3, -0.25) is 4.79 Å². The molecular weight excluding hydrogens is 260 g/mol. The van der Waals surface area contributed by atoms with Gasteiger partial charge in [-0.25, -0.2) is 13.2 Å². The summed E-state index contributed by atoms with van der Waals surface area (Å²) in [5, 5.41) is 2.41. The van der Waals surface area contributed by atoms with Gasteiger partial charge in [0.05, 0.1) is 11.5 Å². The summed E-state index contributed by atoms with van der Waals surface area (Å²) in [4.78, 5) is 24.6. The van der Waals surface area contributed by atoms with E-state index in [9.17, 15) is 18.0 Å². The molecule has 2 heterocycles. The Balaban J connectivity index is 2.05. The van der Waals surface area contributed by atoms with Crippen molar-refractivity contribution in [2.45, 2.75) is 25.4 Å². The van der Waals surface area contributed by atoms with Crippen LogP contribution in [0.5, 0.6) is 0 Å². The van der Waals surface area contributed by atoms with Crippen LogP contribution in [0.3, 0.4) is 0 Å². The number of alkyl carbamates (subject to hydrolysis) is 1. The molecule has 2 amide bonds. The van der Waals surface area contributed by atoms with E-state index in [1.54, 1.807) is 6.92 Å². The molecule has 18 heavy (non-hydrogen) atoms. The number of likely N-dealkylation sites (N-methyl/N-ethyl adjacent to an activating group) is 1. The van der Waals surface area contributed by atoms with E-state index in [4.69, 9.17) is 0 Å². The van der Waals surface area contributed by atoms with Gasteiger partial charge in [-0.2, -0.15) is 0 Å².